The van der Waals surface area contributed by atoms with Crippen molar-refractivity contribution in [3.05, 3.63) is 41.9 Å². The molecule has 0 aliphatic carbocycles. The lowest BCUT2D eigenvalue weighted by Crippen LogP contribution is -2.15. The Morgan fingerprint density at radius 1 is 1.37 bits per heavy atom. The summed E-state index contributed by atoms with van der Waals surface area (Å²) in [6, 6.07) is 7.69. The molecule has 140 valence electrons. The van der Waals surface area contributed by atoms with Gasteiger partial charge in [-0.1, -0.05) is 18.2 Å². The highest BCUT2D eigenvalue weighted by Gasteiger charge is 2.21. The molecular weight excluding hydrogens is 346 g/mol. The number of para-hydroxylation sites is 1. The Balaban J connectivity index is 1.41. The minimum atomic E-state index is -0.185. The first-order valence-corrected chi connectivity index (χ1v) is 9.04. The number of carbonyl (C=O) groups is 2. The maximum absolute atomic E-state index is 12.3. The van der Waals surface area contributed by atoms with Crippen LogP contribution in [0.2, 0.25) is 0 Å². The molecule has 0 saturated carbocycles. The molecule has 0 spiro atoms. The molecular formula is C19H21N5O3. The number of carbonyl (C=O) groups excluding carboxylic acids is 2. The molecule has 8 heteroatoms. The summed E-state index contributed by atoms with van der Waals surface area (Å²) < 4.78 is 7.48. The summed E-state index contributed by atoms with van der Waals surface area (Å²) in [7, 11) is 0. The number of Topliss-reactive ketones (excluding diaryl/α,β-unsaturated/α-hetero) is 1. The molecule has 1 atom stereocenters. The quantitative estimate of drug-likeness (QED) is 0.652. The molecule has 1 aliphatic rings. The maximum Gasteiger partial charge on any atom is 0.248 e. The van der Waals surface area contributed by atoms with Gasteiger partial charge in [0.2, 0.25) is 11.9 Å². The number of nitrogens with zero attached hydrogens (tertiary/aromatic N) is 3. The molecule has 3 aromatic rings. The summed E-state index contributed by atoms with van der Waals surface area (Å²) in [5.74, 6) is 0.726. The number of aromatic nitrogens is 4. The Bertz CT molecular complexity index is 984. The number of amides is 1. The number of aryl methyl sites for hydroxylation is 1. The maximum atomic E-state index is 12.3. The summed E-state index contributed by atoms with van der Waals surface area (Å²) in [5, 5.41) is 10.5. The lowest BCUT2D eigenvalue weighted by molar-refractivity contribution is -0.116. The van der Waals surface area contributed by atoms with Crippen molar-refractivity contribution in [2.24, 2.45) is 0 Å². The number of ketones is 1. The van der Waals surface area contributed by atoms with E-state index in [-0.39, 0.29) is 30.2 Å². The van der Waals surface area contributed by atoms with Crippen LogP contribution in [0.1, 0.15) is 48.5 Å². The second-order valence-electron chi connectivity index (χ2n) is 6.65. The van der Waals surface area contributed by atoms with E-state index in [1.54, 1.807) is 6.92 Å². The molecule has 1 saturated heterocycles. The van der Waals surface area contributed by atoms with Crippen molar-refractivity contribution in [3.63, 3.8) is 0 Å². The zero-order valence-electron chi connectivity index (χ0n) is 15.1. The van der Waals surface area contributed by atoms with Crippen LogP contribution >= 0.6 is 0 Å². The molecule has 1 aliphatic heterocycles. The third kappa shape index (κ3) is 3.61. The summed E-state index contributed by atoms with van der Waals surface area (Å²) in [4.78, 5) is 28.4. The summed E-state index contributed by atoms with van der Waals surface area (Å²) >= 11 is 0. The van der Waals surface area contributed by atoms with Crippen LogP contribution in [0.3, 0.4) is 0 Å². The van der Waals surface area contributed by atoms with Gasteiger partial charge in [-0.15, -0.1) is 5.10 Å². The van der Waals surface area contributed by atoms with Gasteiger partial charge >= 0.3 is 0 Å². The molecule has 0 radical (unpaired) electrons. The fourth-order valence-corrected chi connectivity index (χ4v) is 3.39. The lowest BCUT2D eigenvalue weighted by atomic mass is 10.1. The Hall–Kier alpha value is -3.00. The van der Waals surface area contributed by atoms with E-state index in [2.05, 4.69) is 20.5 Å². The number of hydrogen-bond acceptors (Lipinski definition) is 5. The molecule has 1 fully saturated rings. The summed E-state index contributed by atoms with van der Waals surface area (Å²) in [5.41, 5.74) is 1.61. The molecule has 27 heavy (non-hydrogen) atoms. The molecule has 0 unspecified atom stereocenters. The van der Waals surface area contributed by atoms with Gasteiger partial charge in [-0.25, -0.2) is 0 Å². The van der Waals surface area contributed by atoms with Crippen LogP contribution in [0.25, 0.3) is 10.9 Å². The Kier molecular flexibility index (Phi) is 4.72. The predicted octanol–water partition coefficient (Wildman–Crippen LogP) is 2.84. The first-order chi connectivity index (χ1) is 13.1. The summed E-state index contributed by atoms with van der Waals surface area (Å²) in [6.07, 6.45) is 3.89. The van der Waals surface area contributed by atoms with Crippen molar-refractivity contribution in [3.8, 4) is 0 Å². The van der Waals surface area contributed by atoms with E-state index >= 15 is 0 Å². The summed E-state index contributed by atoms with van der Waals surface area (Å²) in [6.45, 7) is 2.73. The minimum Gasteiger partial charge on any atom is -0.370 e. The molecule has 2 aromatic heterocycles. The number of fused-ring (bicyclic) bond motifs is 1. The van der Waals surface area contributed by atoms with E-state index in [0.717, 1.165) is 30.4 Å². The Morgan fingerprint density at radius 3 is 3.00 bits per heavy atom. The zero-order valence-corrected chi connectivity index (χ0v) is 15.1. The van der Waals surface area contributed by atoms with Crippen LogP contribution in [0.15, 0.2) is 30.5 Å². The highest BCUT2D eigenvalue weighted by atomic mass is 16.5. The Labute approximate surface area is 155 Å². The van der Waals surface area contributed by atoms with Crippen LogP contribution in [0, 0.1) is 0 Å². The SMILES string of the molecule is CC(=O)c1cn(CCC(=O)Nc2n[nH]c([C@H]3CCCO3)n2)c2ccccc12. The van der Waals surface area contributed by atoms with Gasteiger partial charge in [-0.3, -0.25) is 20.0 Å². The van der Waals surface area contributed by atoms with Gasteiger partial charge < -0.3 is 9.30 Å². The molecule has 1 amide bonds. The first-order valence-electron chi connectivity index (χ1n) is 9.04. The van der Waals surface area contributed by atoms with E-state index in [1.165, 1.54) is 0 Å². The van der Waals surface area contributed by atoms with Crippen molar-refractivity contribution in [2.45, 2.75) is 38.8 Å². The molecule has 2 N–H and O–H groups in total. The third-order valence-corrected chi connectivity index (χ3v) is 4.74. The van der Waals surface area contributed by atoms with Gasteiger partial charge in [-0.2, -0.15) is 4.98 Å². The number of anilines is 1. The standard InChI is InChI=1S/C19H21N5O3/c1-12(25)14-11-24(15-6-3-2-5-13(14)15)9-8-17(26)20-19-21-18(22-23-19)16-7-4-10-27-16/h2-3,5-6,11,16H,4,7-10H2,1H3,(H2,20,21,22,23,26)/t16-/m1/s1. The third-order valence-electron chi connectivity index (χ3n) is 4.74. The smallest absolute Gasteiger partial charge is 0.248 e. The van der Waals surface area contributed by atoms with Crippen molar-refractivity contribution in [2.75, 3.05) is 11.9 Å². The number of H-pyrrole nitrogens is 1. The molecule has 3 heterocycles. The van der Waals surface area contributed by atoms with Crippen LogP contribution in [-0.4, -0.2) is 38.0 Å². The van der Waals surface area contributed by atoms with Crippen LogP contribution < -0.4 is 5.32 Å². The normalized spacial score (nSPS) is 16.7. The first kappa shape index (κ1) is 17.4. The Morgan fingerprint density at radius 2 is 2.22 bits per heavy atom. The van der Waals surface area contributed by atoms with Gasteiger partial charge in [0.15, 0.2) is 11.6 Å². The fourth-order valence-electron chi connectivity index (χ4n) is 3.39. The van der Waals surface area contributed by atoms with E-state index in [0.29, 0.717) is 17.9 Å². The second kappa shape index (κ2) is 7.32. The number of hydrogen-bond donors (Lipinski definition) is 2. The van der Waals surface area contributed by atoms with E-state index in [4.69, 9.17) is 4.74 Å². The van der Waals surface area contributed by atoms with Crippen molar-refractivity contribution in [1.29, 1.82) is 0 Å². The average Bonchev–Trinajstić information content (AvgIpc) is 3.39. The molecule has 4 rings (SSSR count). The van der Waals surface area contributed by atoms with Crippen LogP contribution in [0.5, 0.6) is 0 Å². The van der Waals surface area contributed by atoms with E-state index in [1.807, 2.05) is 35.0 Å². The molecule has 0 bridgehead atoms. The lowest BCUT2D eigenvalue weighted by Gasteiger charge is -2.05. The predicted molar refractivity (Wildman–Crippen MR) is 99.5 cm³/mol. The minimum absolute atomic E-state index is 0.0109. The average molecular weight is 367 g/mol. The van der Waals surface area contributed by atoms with Crippen molar-refractivity contribution in [1.82, 2.24) is 19.7 Å². The highest BCUT2D eigenvalue weighted by molar-refractivity contribution is 6.07. The van der Waals surface area contributed by atoms with Gasteiger partial charge in [0, 0.05) is 42.2 Å². The van der Waals surface area contributed by atoms with Crippen LogP contribution in [0.4, 0.5) is 5.95 Å². The van der Waals surface area contributed by atoms with Crippen molar-refractivity contribution >= 4 is 28.5 Å². The topological polar surface area (TPSA) is 102 Å². The monoisotopic (exact) mass is 367 g/mol. The highest BCUT2D eigenvalue weighted by Crippen LogP contribution is 2.26. The van der Waals surface area contributed by atoms with Gasteiger partial charge in [0.1, 0.15) is 6.10 Å². The number of aromatic amines is 1. The van der Waals surface area contributed by atoms with Gasteiger partial charge in [0.05, 0.1) is 0 Å². The number of ether oxygens (including phenoxy) is 1. The van der Waals surface area contributed by atoms with Gasteiger partial charge in [-0.05, 0) is 25.8 Å². The van der Waals surface area contributed by atoms with Gasteiger partial charge in [0.25, 0.3) is 0 Å². The van der Waals surface area contributed by atoms with Crippen molar-refractivity contribution < 1.29 is 14.3 Å². The fraction of sp³-hybridized carbons (Fsp3) is 0.368. The second-order valence-corrected chi connectivity index (χ2v) is 6.65. The zero-order chi connectivity index (χ0) is 18.8. The van der Waals surface area contributed by atoms with E-state index in [9.17, 15) is 9.59 Å². The largest absolute Gasteiger partial charge is 0.370 e. The number of rotatable bonds is 6. The number of nitrogens with one attached hydrogen (secondary N) is 2. The van der Waals surface area contributed by atoms with E-state index < -0.39 is 0 Å². The number of benzene rings is 1. The van der Waals surface area contributed by atoms with Crippen LogP contribution in [-0.2, 0) is 16.1 Å². The molecule has 8 nitrogen and oxygen atoms in total. The molecule has 1 aromatic carbocycles.